The summed E-state index contributed by atoms with van der Waals surface area (Å²) in [6.07, 6.45) is 3.79. The topological polar surface area (TPSA) is 51.3 Å². The molecule has 3 rings (SSSR count). The molecule has 1 N–H and O–H groups in total. The van der Waals surface area contributed by atoms with Gasteiger partial charge < -0.3 is 14.3 Å². The molecule has 0 spiro atoms. The average molecular weight is 282 g/mol. The molecule has 3 aromatic rings. The summed E-state index contributed by atoms with van der Waals surface area (Å²) >= 11 is 0. The van der Waals surface area contributed by atoms with Crippen molar-refractivity contribution in [1.82, 2.24) is 19.3 Å². The van der Waals surface area contributed by atoms with Crippen molar-refractivity contribution in [3.05, 3.63) is 59.3 Å². The summed E-state index contributed by atoms with van der Waals surface area (Å²) in [5.41, 5.74) is 4.60. The SMILES string of the molecule is Cc1cn2ccc(C(=O)NCc3ccc(C)n3C)cc2n1. The Hall–Kier alpha value is -2.56. The van der Waals surface area contributed by atoms with Crippen LogP contribution in [0.15, 0.2) is 36.7 Å². The van der Waals surface area contributed by atoms with Crippen LogP contribution in [0.25, 0.3) is 5.65 Å². The molecule has 0 saturated heterocycles. The van der Waals surface area contributed by atoms with E-state index in [2.05, 4.69) is 14.9 Å². The van der Waals surface area contributed by atoms with Gasteiger partial charge >= 0.3 is 0 Å². The van der Waals surface area contributed by atoms with Gasteiger partial charge in [-0.3, -0.25) is 4.79 Å². The number of aromatic nitrogens is 3. The third kappa shape index (κ3) is 2.54. The maximum absolute atomic E-state index is 12.2. The van der Waals surface area contributed by atoms with E-state index in [0.29, 0.717) is 12.1 Å². The Bertz CT molecular complexity index is 813. The van der Waals surface area contributed by atoms with Crippen molar-refractivity contribution in [3.63, 3.8) is 0 Å². The molecule has 0 radical (unpaired) electrons. The normalized spacial score (nSPS) is 11.0. The zero-order valence-corrected chi connectivity index (χ0v) is 12.4. The Morgan fingerprint density at radius 2 is 2.10 bits per heavy atom. The van der Waals surface area contributed by atoms with E-state index in [0.717, 1.165) is 17.0 Å². The second kappa shape index (κ2) is 5.09. The zero-order chi connectivity index (χ0) is 15.0. The molecule has 5 nitrogen and oxygen atoms in total. The quantitative estimate of drug-likeness (QED) is 0.801. The lowest BCUT2D eigenvalue weighted by Crippen LogP contribution is -2.24. The van der Waals surface area contributed by atoms with E-state index in [1.165, 1.54) is 5.69 Å². The minimum absolute atomic E-state index is 0.0861. The molecular weight excluding hydrogens is 264 g/mol. The largest absolute Gasteiger partial charge is 0.350 e. The van der Waals surface area contributed by atoms with Crippen LogP contribution in [0.2, 0.25) is 0 Å². The number of hydrogen-bond acceptors (Lipinski definition) is 2. The van der Waals surface area contributed by atoms with Gasteiger partial charge in [-0.05, 0) is 38.1 Å². The molecule has 0 unspecified atom stereocenters. The monoisotopic (exact) mass is 282 g/mol. The highest BCUT2D eigenvalue weighted by atomic mass is 16.1. The highest BCUT2D eigenvalue weighted by Gasteiger charge is 2.09. The van der Waals surface area contributed by atoms with E-state index in [-0.39, 0.29) is 5.91 Å². The number of nitrogens with one attached hydrogen (secondary N) is 1. The molecule has 0 aliphatic heterocycles. The maximum atomic E-state index is 12.2. The van der Waals surface area contributed by atoms with Gasteiger partial charge in [0.25, 0.3) is 5.91 Å². The van der Waals surface area contributed by atoms with E-state index in [1.54, 1.807) is 12.1 Å². The molecule has 0 fully saturated rings. The van der Waals surface area contributed by atoms with Gasteiger partial charge in [0.1, 0.15) is 5.65 Å². The molecule has 21 heavy (non-hydrogen) atoms. The second-order valence-electron chi connectivity index (χ2n) is 5.27. The minimum atomic E-state index is -0.0861. The lowest BCUT2D eigenvalue weighted by molar-refractivity contribution is 0.0950. The first-order valence-corrected chi connectivity index (χ1v) is 6.89. The molecule has 3 aromatic heterocycles. The van der Waals surface area contributed by atoms with E-state index in [4.69, 9.17) is 0 Å². The van der Waals surface area contributed by atoms with Crippen LogP contribution < -0.4 is 5.32 Å². The number of carbonyl (C=O) groups excluding carboxylic acids is 1. The first-order valence-electron chi connectivity index (χ1n) is 6.89. The van der Waals surface area contributed by atoms with Gasteiger partial charge in [-0.25, -0.2) is 4.98 Å². The highest BCUT2D eigenvalue weighted by Crippen LogP contribution is 2.09. The summed E-state index contributed by atoms with van der Waals surface area (Å²) in [6.45, 7) is 4.49. The van der Waals surface area contributed by atoms with Crippen molar-refractivity contribution in [2.45, 2.75) is 20.4 Å². The second-order valence-corrected chi connectivity index (χ2v) is 5.27. The standard InChI is InChI=1S/C16H18N4O/c1-11-10-20-7-6-13(8-15(20)18-11)16(21)17-9-14-5-4-12(2)19(14)3/h4-8,10H,9H2,1-3H3,(H,17,21). The Labute approximate surface area is 123 Å². The molecule has 0 aliphatic carbocycles. The van der Waals surface area contributed by atoms with E-state index >= 15 is 0 Å². The van der Waals surface area contributed by atoms with Gasteiger partial charge in [0.2, 0.25) is 0 Å². The molecule has 3 heterocycles. The van der Waals surface area contributed by atoms with Gasteiger partial charge in [-0.15, -0.1) is 0 Å². The van der Waals surface area contributed by atoms with Crippen LogP contribution in [0.5, 0.6) is 0 Å². The fourth-order valence-electron chi connectivity index (χ4n) is 2.37. The number of imidazole rings is 1. The molecule has 0 aromatic carbocycles. The third-order valence-corrected chi connectivity index (χ3v) is 3.75. The van der Waals surface area contributed by atoms with Crippen molar-refractivity contribution >= 4 is 11.6 Å². The van der Waals surface area contributed by atoms with Crippen LogP contribution in [0, 0.1) is 13.8 Å². The van der Waals surface area contributed by atoms with Crippen molar-refractivity contribution in [1.29, 1.82) is 0 Å². The Balaban J connectivity index is 1.75. The fraction of sp³-hybridized carbons (Fsp3) is 0.250. The number of fused-ring (bicyclic) bond motifs is 1. The number of pyridine rings is 1. The predicted molar refractivity (Wildman–Crippen MR) is 81.2 cm³/mol. The lowest BCUT2D eigenvalue weighted by Gasteiger charge is -2.08. The predicted octanol–water partition coefficient (Wildman–Crippen LogP) is 2.22. The van der Waals surface area contributed by atoms with Crippen LogP contribution in [-0.2, 0) is 13.6 Å². The summed E-state index contributed by atoms with van der Waals surface area (Å²) in [7, 11) is 2.00. The first-order chi connectivity index (χ1) is 10.0. The van der Waals surface area contributed by atoms with E-state index in [1.807, 2.05) is 49.8 Å². The van der Waals surface area contributed by atoms with Crippen LogP contribution >= 0.6 is 0 Å². The Morgan fingerprint density at radius 3 is 2.81 bits per heavy atom. The van der Waals surface area contributed by atoms with Crippen LogP contribution in [0.4, 0.5) is 0 Å². The summed E-state index contributed by atoms with van der Waals surface area (Å²) in [6, 6.07) is 7.68. The van der Waals surface area contributed by atoms with Gasteiger partial charge in [-0.1, -0.05) is 0 Å². The number of aryl methyl sites for hydroxylation is 2. The number of amides is 1. The van der Waals surface area contributed by atoms with E-state index < -0.39 is 0 Å². The van der Waals surface area contributed by atoms with Crippen LogP contribution in [0.1, 0.15) is 27.4 Å². The average Bonchev–Trinajstić information content (AvgIpc) is 2.98. The number of rotatable bonds is 3. The van der Waals surface area contributed by atoms with Crippen molar-refractivity contribution in [2.24, 2.45) is 7.05 Å². The molecular formula is C16H18N4O. The zero-order valence-electron chi connectivity index (χ0n) is 12.4. The fourth-order valence-corrected chi connectivity index (χ4v) is 2.37. The summed E-state index contributed by atoms with van der Waals surface area (Å²) < 4.78 is 3.98. The number of nitrogens with zero attached hydrogens (tertiary/aromatic N) is 3. The lowest BCUT2D eigenvalue weighted by atomic mass is 10.2. The van der Waals surface area contributed by atoms with Crippen molar-refractivity contribution < 1.29 is 4.79 Å². The number of hydrogen-bond donors (Lipinski definition) is 1. The Kier molecular flexibility index (Phi) is 3.25. The molecule has 0 saturated carbocycles. The smallest absolute Gasteiger partial charge is 0.251 e. The summed E-state index contributed by atoms with van der Waals surface area (Å²) in [5.74, 6) is -0.0861. The van der Waals surface area contributed by atoms with Crippen LogP contribution in [0.3, 0.4) is 0 Å². The van der Waals surface area contributed by atoms with Crippen molar-refractivity contribution in [2.75, 3.05) is 0 Å². The first kappa shape index (κ1) is 13.4. The van der Waals surface area contributed by atoms with E-state index in [9.17, 15) is 4.79 Å². The number of carbonyl (C=O) groups is 1. The summed E-state index contributed by atoms with van der Waals surface area (Å²) in [4.78, 5) is 16.6. The van der Waals surface area contributed by atoms with Crippen molar-refractivity contribution in [3.8, 4) is 0 Å². The maximum Gasteiger partial charge on any atom is 0.251 e. The minimum Gasteiger partial charge on any atom is -0.350 e. The van der Waals surface area contributed by atoms with Gasteiger partial charge in [-0.2, -0.15) is 0 Å². The van der Waals surface area contributed by atoms with Gasteiger partial charge in [0.05, 0.1) is 12.2 Å². The summed E-state index contributed by atoms with van der Waals surface area (Å²) in [5, 5.41) is 2.94. The van der Waals surface area contributed by atoms with Gasteiger partial charge in [0.15, 0.2) is 0 Å². The molecule has 108 valence electrons. The highest BCUT2D eigenvalue weighted by molar-refractivity contribution is 5.94. The Morgan fingerprint density at radius 1 is 1.29 bits per heavy atom. The molecule has 1 amide bonds. The molecule has 0 atom stereocenters. The molecule has 5 heteroatoms. The molecule has 0 aliphatic rings. The molecule has 0 bridgehead atoms. The van der Waals surface area contributed by atoms with Crippen LogP contribution in [-0.4, -0.2) is 19.9 Å². The van der Waals surface area contributed by atoms with Gasteiger partial charge in [0, 0.05) is 36.4 Å². The third-order valence-electron chi connectivity index (χ3n) is 3.75.